The van der Waals surface area contributed by atoms with Crippen LogP contribution in [-0.4, -0.2) is 59.2 Å². The van der Waals surface area contributed by atoms with E-state index in [1.807, 2.05) is 0 Å². The van der Waals surface area contributed by atoms with Gasteiger partial charge < -0.3 is 35.2 Å². The van der Waals surface area contributed by atoms with Crippen LogP contribution in [0.2, 0.25) is 0 Å². The van der Waals surface area contributed by atoms with E-state index < -0.39 is 65.8 Å². The van der Waals surface area contributed by atoms with E-state index in [-0.39, 0.29) is 12.2 Å². The van der Waals surface area contributed by atoms with Crippen LogP contribution in [0.1, 0.15) is 26.5 Å². The molecule has 0 radical (unpaired) electrons. The lowest BCUT2D eigenvalue weighted by Crippen LogP contribution is -2.40. The number of aromatic nitrogens is 2. The largest absolute Gasteiger partial charge is 0.490 e. The zero-order chi connectivity index (χ0) is 25.5. The van der Waals surface area contributed by atoms with Gasteiger partial charge in [-0.1, -0.05) is 6.92 Å². The van der Waals surface area contributed by atoms with E-state index in [0.717, 1.165) is 4.57 Å². The Hall–Kier alpha value is -1.06. The Bertz CT molecular complexity index is 1080. The van der Waals surface area contributed by atoms with Crippen LogP contribution in [0.3, 0.4) is 0 Å². The fourth-order valence-corrected chi connectivity index (χ4v) is 6.33. The number of phosphoric acid groups is 3. The summed E-state index contributed by atoms with van der Waals surface area (Å²) in [4.78, 5) is 51.8. The van der Waals surface area contributed by atoms with Gasteiger partial charge in [-0.15, -0.1) is 0 Å². The van der Waals surface area contributed by atoms with Crippen molar-refractivity contribution in [3.63, 3.8) is 0 Å². The van der Waals surface area contributed by atoms with Gasteiger partial charge in [-0.2, -0.15) is 13.6 Å². The second kappa shape index (κ2) is 9.53. The minimum Gasteiger partial charge on any atom is -0.393 e. The zero-order valence-electron chi connectivity index (χ0n) is 17.1. The lowest BCUT2D eigenvalue weighted by atomic mass is 9.77. The number of nitrogen functional groups attached to an aromatic ring is 1. The normalized spacial score (nSPS) is 30.5. The summed E-state index contributed by atoms with van der Waals surface area (Å²) in [7, 11) is -16.9. The molecule has 1 saturated heterocycles. The highest BCUT2D eigenvalue weighted by atomic mass is 31.3. The summed E-state index contributed by atoms with van der Waals surface area (Å²) in [6.45, 7) is 0.290. The summed E-state index contributed by atoms with van der Waals surface area (Å²) in [6, 6.07) is 1.24. The first-order valence-corrected chi connectivity index (χ1v) is 13.4. The Morgan fingerprint density at radius 2 is 1.91 bits per heavy atom. The highest BCUT2D eigenvalue weighted by Gasteiger charge is 2.58. The van der Waals surface area contributed by atoms with Crippen LogP contribution in [0, 0.1) is 5.41 Å². The molecule has 2 unspecified atom stereocenters. The average Bonchev–Trinajstić information content (AvgIpc) is 2.92. The molecule has 1 aliphatic rings. The molecule has 0 aromatic carbocycles. The van der Waals surface area contributed by atoms with Crippen LogP contribution < -0.4 is 11.4 Å². The number of phosphoric ester groups is 1. The van der Waals surface area contributed by atoms with E-state index in [1.165, 1.54) is 26.1 Å². The first-order chi connectivity index (χ1) is 14.8. The van der Waals surface area contributed by atoms with Crippen LogP contribution in [0.15, 0.2) is 17.1 Å². The Morgan fingerprint density at radius 3 is 2.39 bits per heavy atom. The standard InChI is InChI=1S/C13H23FN3O13P3/c1-8(18)12(2)5-13(6-14,28-10(12)17-4-3-9(15)16-11(17)19)7-27-32(23,24)30-33(25,26)29-31(20,21)22/h3-4,8,10,18H,5-7H2,1-2H3,(H,23,24)(H,25,26)(H2,15,16,19)(H2,20,21,22)/t8-,10+,12-,13+/m0/s1. The van der Waals surface area contributed by atoms with Gasteiger partial charge in [0.1, 0.15) is 24.3 Å². The topological polar surface area (TPSA) is 250 Å². The third-order valence-corrected chi connectivity index (χ3v) is 8.62. The van der Waals surface area contributed by atoms with Gasteiger partial charge in [0.2, 0.25) is 0 Å². The maximum absolute atomic E-state index is 14.1. The molecule has 0 aliphatic carbocycles. The van der Waals surface area contributed by atoms with Gasteiger partial charge in [0.05, 0.1) is 12.7 Å². The lowest BCUT2D eigenvalue weighted by molar-refractivity contribution is -0.128. The van der Waals surface area contributed by atoms with Gasteiger partial charge in [0.25, 0.3) is 0 Å². The molecular weight excluding hydrogens is 518 g/mol. The van der Waals surface area contributed by atoms with E-state index in [1.54, 1.807) is 0 Å². The van der Waals surface area contributed by atoms with E-state index in [4.69, 9.17) is 20.3 Å². The molecule has 1 aromatic heterocycles. The fraction of sp³-hybridized carbons (Fsp3) is 0.692. The highest BCUT2D eigenvalue weighted by molar-refractivity contribution is 7.66. The van der Waals surface area contributed by atoms with Crippen molar-refractivity contribution in [2.45, 2.75) is 38.2 Å². The molecule has 0 amide bonds. The minimum atomic E-state index is -5.78. The molecule has 16 nitrogen and oxygen atoms in total. The van der Waals surface area contributed by atoms with E-state index >= 15 is 0 Å². The number of rotatable bonds is 10. The molecule has 1 aliphatic heterocycles. The average molecular weight is 541 g/mol. The summed E-state index contributed by atoms with van der Waals surface area (Å²) >= 11 is 0. The number of aliphatic hydroxyl groups is 1. The van der Waals surface area contributed by atoms with Gasteiger partial charge in [-0.25, -0.2) is 22.9 Å². The molecule has 0 bridgehead atoms. The predicted molar refractivity (Wildman–Crippen MR) is 106 cm³/mol. The summed E-state index contributed by atoms with van der Waals surface area (Å²) < 4.78 is 66.5. The van der Waals surface area contributed by atoms with Crippen molar-refractivity contribution in [3.05, 3.63) is 22.7 Å². The Balaban J connectivity index is 2.30. The third-order valence-electron chi connectivity index (χ3n) is 4.84. The smallest absolute Gasteiger partial charge is 0.393 e. The number of aliphatic hydroxyl groups excluding tert-OH is 1. The first-order valence-electron chi connectivity index (χ1n) is 8.89. The van der Waals surface area contributed by atoms with Crippen molar-refractivity contribution >= 4 is 29.3 Å². The summed E-state index contributed by atoms with van der Waals surface area (Å²) in [5.41, 5.74) is 1.12. The number of nitrogens with zero attached hydrogens (tertiary/aromatic N) is 2. The highest BCUT2D eigenvalue weighted by Crippen LogP contribution is 2.66. The van der Waals surface area contributed by atoms with Crippen molar-refractivity contribution in [1.29, 1.82) is 0 Å². The molecule has 2 heterocycles. The Morgan fingerprint density at radius 1 is 1.30 bits per heavy atom. The van der Waals surface area contributed by atoms with Gasteiger partial charge in [-0.3, -0.25) is 9.09 Å². The molecule has 1 aromatic rings. The van der Waals surface area contributed by atoms with E-state index in [9.17, 15) is 37.8 Å². The first kappa shape index (κ1) is 28.2. The molecular formula is C13H23FN3O13P3. The van der Waals surface area contributed by atoms with E-state index in [2.05, 4.69) is 18.1 Å². The SMILES string of the molecule is C[C@H](O)[C@]1(C)C[C@@](CF)(COP(=O)(O)OP(=O)(O)OP(=O)(O)O)O[C@H]1n1ccc(N)nc1=O. The van der Waals surface area contributed by atoms with Gasteiger partial charge in [-0.05, 0) is 19.4 Å². The van der Waals surface area contributed by atoms with Crippen molar-refractivity contribution in [1.82, 2.24) is 9.55 Å². The van der Waals surface area contributed by atoms with Crippen molar-refractivity contribution < 1.29 is 60.6 Å². The predicted octanol–water partition coefficient (Wildman–Crippen LogP) is 0.183. The number of alkyl halides is 1. The monoisotopic (exact) mass is 541 g/mol. The van der Waals surface area contributed by atoms with Crippen LogP contribution in [0.4, 0.5) is 10.2 Å². The molecule has 0 saturated carbocycles. The molecule has 2 rings (SSSR count). The molecule has 1 fully saturated rings. The second-order valence-electron chi connectivity index (χ2n) is 7.55. The molecule has 7 N–H and O–H groups in total. The quantitative estimate of drug-likeness (QED) is 0.216. The maximum Gasteiger partial charge on any atom is 0.490 e. The van der Waals surface area contributed by atoms with Crippen LogP contribution in [0.25, 0.3) is 0 Å². The van der Waals surface area contributed by atoms with Gasteiger partial charge in [0, 0.05) is 11.6 Å². The van der Waals surface area contributed by atoms with Crippen LogP contribution in [0.5, 0.6) is 0 Å². The lowest BCUT2D eigenvalue weighted by Gasteiger charge is -2.33. The molecule has 190 valence electrons. The van der Waals surface area contributed by atoms with Crippen molar-refractivity contribution in [2.24, 2.45) is 5.41 Å². The molecule has 20 heteroatoms. The summed E-state index contributed by atoms with van der Waals surface area (Å²) in [6.07, 6.45) is -1.76. The van der Waals surface area contributed by atoms with Gasteiger partial charge >= 0.3 is 29.2 Å². The maximum atomic E-state index is 14.1. The summed E-state index contributed by atoms with van der Waals surface area (Å²) in [5.74, 6) is -0.114. The second-order valence-corrected chi connectivity index (χ2v) is 12.0. The Labute approximate surface area is 185 Å². The molecule has 33 heavy (non-hydrogen) atoms. The number of halogens is 1. The van der Waals surface area contributed by atoms with Crippen LogP contribution in [-0.2, 0) is 31.6 Å². The van der Waals surface area contributed by atoms with Crippen LogP contribution >= 0.6 is 23.5 Å². The zero-order valence-corrected chi connectivity index (χ0v) is 19.8. The van der Waals surface area contributed by atoms with E-state index in [0.29, 0.717) is 0 Å². The van der Waals surface area contributed by atoms with Crippen molar-refractivity contribution in [3.8, 4) is 0 Å². The fourth-order valence-electron chi connectivity index (χ4n) is 3.23. The number of hydrogen-bond donors (Lipinski definition) is 6. The van der Waals surface area contributed by atoms with Gasteiger partial charge in [0.15, 0.2) is 0 Å². The minimum absolute atomic E-state index is 0.114. The third kappa shape index (κ3) is 6.98. The van der Waals surface area contributed by atoms with Crippen molar-refractivity contribution in [2.75, 3.05) is 19.0 Å². The summed E-state index contributed by atoms with van der Waals surface area (Å²) in [5, 5.41) is 10.3. The number of ether oxygens (including phenoxy) is 1. The molecule has 0 spiro atoms. The Kier molecular flexibility index (Phi) is 8.14. The number of nitrogens with two attached hydrogens (primary N) is 1. The number of hydrogen-bond acceptors (Lipinski definition) is 11. The molecule has 6 atom stereocenters. The number of anilines is 1.